The van der Waals surface area contributed by atoms with E-state index in [0.29, 0.717) is 12.3 Å². The van der Waals surface area contributed by atoms with E-state index in [1.54, 1.807) is 0 Å². The molecule has 0 atom stereocenters. The summed E-state index contributed by atoms with van der Waals surface area (Å²) in [5.74, 6) is 0.781. The van der Waals surface area contributed by atoms with Gasteiger partial charge in [-0.25, -0.2) is 4.79 Å². The van der Waals surface area contributed by atoms with Crippen molar-refractivity contribution in [2.24, 2.45) is 0 Å². The number of nitrogens with zero attached hydrogens (tertiary/aromatic N) is 1. The third-order valence-corrected chi connectivity index (χ3v) is 4.73. The molecular weight excluding hydrogens is 364 g/mol. The first-order valence-electron chi connectivity index (χ1n) is 10.1. The highest BCUT2D eigenvalue weighted by Crippen LogP contribution is 2.19. The Kier molecular flexibility index (Phi) is 11.9. The number of hydrogen-bond donors (Lipinski definition) is 1. The zero-order chi connectivity index (χ0) is 18.6. The van der Waals surface area contributed by atoms with Crippen molar-refractivity contribution in [1.82, 2.24) is 4.90 Å². The molecule has 1 amide bonds. The van der Waals surface area contributed by atoms with Gasteiger partial charge in [-0.2, -0.15) is 0 Å². The summed E-state index contributed by atoms with van der Waals surface area (Å²) in [6.45, 7) is 8.27. The van der Waals surface area contributed by atoms with E-state index in [1.165, 1.54) is 25.7 Å². The Hall–Kier alpha value is -1.46. The quantitative estimate of drug-likeness (QED) is 0.529. The van der Waals surface area contributed by atoms with Crippen LogP contribution in [0.2, 0.25) is 0 Å². The summed E-state index contributed by atoms with van der Waals surface area (Å²) in [6, 6.07) is 7.50. The highest BCUT2D eigenvalue weighted by molar-refractivity contribution is 5.85. The van der Waals surface area contributed by atoms with Crippen molar-refractivity contribution in [3.8, 4) is 5.75 Å². The van der Waals surface area contributed by atoms with Crippen LogP contribution in [0.5, 0.6) is 5.75 Å². The predicted molar refractivity (Wildman–Crippen MR) is 113 cm³/mol. The minimum atomic E-state index is -0.375. The van der Waals surface area contributed by atoms with E-state index in [-0.39, 0.29) is 24.6 Å². The Labute approximate surface area is 170 Å². The van der Waals surface area contributed by atoms with Gasteiger partial charge in [0.05, 0.1) is 6.61 Å². The van der Waals surface area contributed by atoms with Gasteiger partial charge in [0.15, 0.2) is 0 Å². The molecule has 6 heteroatoms. The van der Waals surface area contributed by atoms with Crippen molar-refractivity contribution < 1.29 is 14.3 Å². The number of likely N-dealkylation sites (tertiary alicyclic amines) is 1. The van der Waals surface area contributed by atoms with Crippen LogP contribution in [0, 0.1) is 0 Å². The Morgan fingerprint density at radius 2 is 1.89 bits per heavy atom. The highest BCUT2D eigenvalue weighted by Gasteiger charge is 2.22. The number of carbonyl (C=O) groups excluding carboxylic acids is 1. The summed E-state index contributed by atoms with van der Waals surface area (Å²) < 4.78 is 11.3. The molecule has 0 aromatic heterocycles. The zero-order valence-electron chi connectivity index (χ0n) is 16.7. The molecule has 2 rings (SSSR count). The minimum absolute atomic E-state index is 0. The van der Waals surface area contributed by atoms with E-state index < -0.39 is 0 Å². The SMILES string of the molecule is CCCCCOc1cccc(NC(=O)OC2CCN(CCCC)CC2)c1.Cl. The molecule has 1 aromatic rings. The third-order valence-electron chi connectivity index (χ3n) is 4.73. The number of piperidine rings is 1. The molecule has 0 bridgehead atoms. The average molecular weight is 399 g/mol. The largest absolute Gasteiger partial charge is 0.494 e. The summed E-state index contributed by atoms with van der Waals surface area (Å²) in [5, 5.41) is 2.82. The highest BCUT2D eigenvalue weighted by atomic mass is 35.5. The standard InChI is InChI=1S/C21H34N2O3.ClH/c1-3-5-7-16-25-20-10-8-9-18(17-20)22-21(24)26-19-11-14-23(15-12-19)13-6-4-2;/h8-10,17,19H,3-7,11-16H2,1-2H3,(H,22,24);1H. The molecule has 1 fully saturated rings. The molecule has 1 aliphatic rings. The maximum Gasteiger partial charge on any atom is 0.411 e. The van der Waals surface area contributed by atoms with Gasteiger partial charge in [-0.1, -0.05) is 39.2 Å². The van der Waals surface area contributed by atoms with Crippen molar-refractivity contribution in [2.45, 2.75) is 64.9 Å². The van der Waals surface area contributed by atoms with Crippen molar-refractivity contribution in [3.63, 3.8) is 0 Å². The Balaban J connectivity index is 0.00000364. The van der Waals surface area contributed by atoms with E-state index >= 15 is 0 Å². The smallest absolute Gasteiger partial charge is 0.411 e. The van der Waals surface area contributed by atoms with E-state index in [2.05, 4.69) is 24.1 Å². The number of carbonyl (C=O) groups is 1. The van der Waals surface area contributed by atoms with Gasteiger partial charge < -0.3 is 14.4 Å². The molecule has 5 nitrogen and oxygen atoms in total. The lowest BCUT2D eigenvalue weighted by Crippen LogP contribution is -2.38. The number of hydrogen-bond acceptors (Lipinski definition) is 4. The van der Waals surface area contributed by atoms with Crippen molar-refractivity contribution in [3.05, 3.63) is 24.3 Å². The number of amides is 1. The maximum absolute atomic E-state index is 12.2. The molecule has 1 saturated heterocycles. The van der Waals surface area contributed by atoms with E-state index in [0.717, 1.165) is 44.6 Å². The van der Waals surface area contributed by atoms with Gasteiger partial charge in [-0.05, 0) is 44.4 Å². The average Bonchev–Trinajstić information content (AvgIpc) is 2.65. The Bertz CT molecular complexity index is 534. The third kappa shape index (κ3) is 9.34. The molecule has 27 heavy (non-hydrogen) atoms. The number of benzene rings is 1. The van der Waals surface area contributed by atoms with Gasteiger partial charge in [-0.15, -0.1) is 12.4 Å². The maximum atomic E-state index is 12.2. The first-order valence-corrected chi connectivity index (χ1v) is 10.1. The lowest BCUT2D eigenvalue weighted by atomic mass is 10.1. The Morgan fingerprint density at radius 3 is 2.59 bits per heavy atom. The summed E-state index contributed by atoms with van der Waals surface area (Å²) in [4.78, 5) is 14.6. The van der Waals surface area contributed by atoms with Crippen molar-refractivity contribution in [1.29, 1.82) is 0 Å². The first-order chi connectivity index (χ1) is 12.7. The molecule has 0 radical (unpaired) electrons. The minimum Gasteiger partial charge on any atom is -0.494 e. The van der Waals surface area contributed by atoms with Crippen LogP contribution in [-0.4, -0.2) is 43.3 Å². The van der Waals surface area contributed by atoms with Gasteiger partial charge in [0, 0.05) is 24.8 Å². The summed E-state index contributed by atoms with van der Waals surface area (Å²) in [6.07, 6.45) is 7.32. The van der Waals surface area contributed by atoms with E-state index in [1.807, 2.05) is 24.3 Å². The van der Waals surface area contributed by atoms with Gasteiger partial charge in [-0.3, -0.25) is 5.32 Å². The van der Waals surface area contributed by atoms with Crippen LogP contribution in [0.15, 0.2) is 24.3 Å². The second-order valence-electron chi connectivity index (χ2n) is 7.01. The monoisotopic (exact) mass is 398 g/mol. The van der Waals surface area contributed by atoms with Crippen molar-refractivity contribution >= 4 is 24.2 Å². The Morgan fingerprint density at radius 1 is 1.15 bits per heavy atom. The summed E-state index contributed by atoms with van der Waals surface area (Å²) >= 11 is 0. The molecule has 0 aliphatic carbocycles. The predicted octanol–water partition coefficient (Wildman–Crippen LogP) is 5.49. The van der Waals surface area contributed by atoms with E-state index in [9.17, 15) is 4.79 Å². The van der Waals surface area contributed by atoms with Gasteiger partial charge in [0.2, 0.25) is 0 Å². The van der Waals surface area contributed by atoms with Crippen LogP contribution >= 0.6 is 12.4 Å². The molecule has 1 heterocycles. The number of anilines is 1. The van der Waals surface area contributed by atoms with Crippen LogP contribution in [0.3, 0.4) is 0 Å². The lowest BCUT2D eigenvalue weighted by Gasteiger charge is -2.31. The number of halogens is 1. The van der Waals surface area contributed by atoms with Crippen LogP contribution in [0.4, 0.5) is 10.5 Å². The molecule has 1 aromatic carbocycles. The fraction of sp³-hybridized carbons (Fsp3) is 0.667. The van der Waals surface area contributed by atoms with Gasteiger partial charge >= 0.3 is 6.09 Å². The topological polar surface area (TPSA) is 50.8 Å². The normalized spacial score (nSPS) is 15.0. The fourth-order valence-electron chi connectivity index (χ4n) is 3.14. The summed E-state index contributed by atoms with van der Waals surface area (Å²) in [7, 11) is 0. The molecular formula is C21H35ClN2O3. The van der Waals surface area contributed by atoms with Gasteiger partial charge in [0.25, 0.3) is 0 Å². The van der Waals surface area contributed by atoms with Crippen LogP contribution in [-0.2, 0) is 4.74 Å². The molecule has 0 saturated carbocycles. The first kappa shape index (κ1) is 23.6. The van der Waals surface area contributed by atoms with Crippen LogP contribution in [0.25, 0.3) is 0 Å². The number of rotatable bonds is 10. The van der Waals surface area contributed by atoms with E-state index in [4.69, 9.17) is 9.47 Å². The van der Waals surface area contributed by atoms with Crippen molar-refractivity contribution in [2.75, 3.05) is 31.6 Å². The second kappa shape index (κ2) is 13.7. The number of ether oxygens (including phenoxy) is 2. The second-order valence-corrected chi connectivity index (χ2v) is 7.01. The number of unbranched alkanes of at least 4 members (excludes halogenated alkanes) is 3. The fourth-order valence-corrected chi connectivity index (χ4v) is 3.14. The molecule has 1 N–H and O–H groups in total. The lowest BCUT2D eigenvalue weighted by molar-refractivity contribution is 0.0586. The molecule has 0 unspecified atom stereocenters. The molecule has 1 aliphatic heterocycles. The number of nitrogens with one attached hydrogen (secondary N) is 1. The van der Waals surface area contributed by atoms with Gasteiger partial charge in [0.1, 0.15) is 11.9 Å². The zero-order valence-corrected chi connectivity index (χ0v) is 17.6. The molecule has 154 valence electrons. The van der Waals surface area contributed by atoms with Crippen LogP contribution in [0.1, 0.15) is 58.8 Å². The summed E-state index contributed by atoms with van der Waals surface area (Å²) in [5.41, 5.74) is 0.711. The molecule has 0 spiro atoms. The van der Waals surface area contributed by atoms with Crippen LogP contribution < -0.4 is 10.1 Å².